The number of thioether (sulfide) groups is 1. The molecule has 1 N–H and O–H groups in total. The van der Waals surface area contributed by atoms with E-state index in [2.05, 4.69) is 53.8 Å². The summed E-state index contributed by atoms with van der Waals surface area (Å²) in [6.45, 7) is 10.3. The van der Waals surface area contributed by atoms with Crippen molar-refractivity contribution in [2.75, 3.05) is 31.9 Å². The molecule has 0 aliphatic carbocycles. The minimum absolute atomic E-state index is 0.134. The molecule has 1 unspecified atom stereocenters. The molecule has 3 rings (SSSR count). The van der Waals surface area contributed by atoms with Crippen LogP contribution in [0.3, 0.4) is 0 Å². The fraction of sp³-hybridized carbons (Fsp3) is 0.500. The number of nitrogens with zero attached hydrogens (tertiary/aromatic N) is 2. The van der Waals surface area contributed by atoms with Crippen molar-refractivity contribution in [2.45, 2.75) is 26.1 Å². The number of para-hydroxylation sites is 1. The molecule has 0 bridgehead atoms. The standard InChI is InChI=1S/C18H25N3OS/c1-4-20(5-2)10-11-21-16(22)12-23-18(21)17-13(3)19-15-9-7-6-8-14(15)17/h6-9,18-19H,4-5,10-12H2,1-3H3. The number of carbonyl (C=O) groups is 1. The van der Waals surface area contributed by atoms with E-state index in [1.807, 2.05) is 6.07 Å². The second-order valence-corrected chi connectivity index (χ2v) is 7.06. The third-order valence-corrected chi connectivity index (χ3v) is 5.93. The predicted octanol–water partition coefficient (Wildman–Crippen LogP) is 3.39. The first kappa shape index (κ1) is 16.4. The number of hydrogen-bond acceptors (Lipinski definition) is 3. The number of likely N-dealkylation sites (N-methyl/N-ethyl adjacent to an activating group) is 1. The Morgan fingerprint density at radius 1 is 1.30 bits per heavy atom. The zero-order chi connectivity index (χ0) is 16.4. The highest BCUT2D eigenvalue weighted by Crippen LogP contribution is 2.42. The molecule has 1 aromatic heterocycles. The van der Waals surface area contributed by atoms with Gasteiger partial charge in [-0.25, -0.2) is 0 Å². The van der Waals surface area contributed by atoms with Gasteiger partial charge in [0.2, 0.25) is 5.91 Å². The fourth-order valence-electron chi connectivity index (χ4n) is 3.34. The molecule has 1 aliphatic heterocycles. The van der Waals surface area contributed by atoms with E-state index < -0.39 is 0 Å². The van der Waals surface area contributed by atoms with Gasteiger partial charge in [0.15, 0.2) is 0 Å². The monoisotopic (exact) mass is 331 g/mol. The number of fused-ring (bicyclic) bond motifs is 1. The van der Waals surface area contributed by atoms with Crippen LogP contribution in [0.15, 0.2) is 24.3 Å². The van der Waals surface area contributed by atoms with Crippen LogP contribution in [0.4, 0.5) is 0 Å². The summed E-state index contributed by atoms with van der Waals surface area (Å²) in [4.78, 5) is 20.3. The maximum absolute atomic E-state index is 12.4. The Hall–Kier alpha value is -1.46. The average Bonchev–Trinajstić information content (AvgIpc) is 3.07. The van der Waals surface area contributed by atoms with Crippen LogP contribution in [0, 0.1) is 6.92 Å². The molecule has 2 heterocycles. The van der Waals surface area contributed by atoms with Crippen molar-refractivity contribution < 1.29 is 4.79 Å². The van der Waals surface area contributed by atoms with Crippen LogP contribution in [-0.4, -0.2) is 52.6 Å². The summed E-state index contributed by atoms with van der Waals surface area (Å²) in [5.74, 6) is 0.846. The Bertz CT molecular complexity index is 693. The number of hydrogen-bond donors (Lipinski definition) is 1. The van der Waals surface area contributed by atoms with E-state index in [1.165, 1.54) is 16.6 Å². The predicted molar refractivity (Wildman–Crippen MR) is 97.7 cm³/mol. The largest absolute Gasteiger partial charge is 0.358 e. The van der Waals surface area contributed by atoms with Crippen molar-refractivity contribution >= 4 is 28.6 Å². The van der Waals surface area contributed by atoms with E-state index >= 15 is 0 Å². The van der Waals surface area contributed by atoms with E-state index in [0.29, 0.717) is 5.75 Å². The van der Waals surface area contributed by atoms with E-state index in [1.54, 1.807) is 11.8 Å². The molecular weight excluding hydrogens is 306 g/mol. The molecular formula is C18H25N3OS. The number of nitrogens with one attached hydrogen (secondary N) is 1. The Kier molecular flexibility index (Phi) is 4.97. The topological polar surface area (TPSA) is 39.3 Å². The molecule has 0 spiro atoms. The first-order chi connectivity index (χ1) is 11.2. The number of rotatable bonds is 6. The van der Waals surface area contributed by atoms with Crippen LogP contribution in [0.1, 0.15) is 30.5 Å². The maximum atomic E-state index is 12.4. The first-order valence-electron chi connectivity index (χ1n) is 8.36. The first-order valence-corrected chi connectivity index (χ1v) is 9.41. The van der Waals surface area contributed by atoms with Crippen molar-refractivity contribution in [1.82, 2.24) is 14.8 Å². The average molecular weight is 331 g/mol. The van der Waals surface area contributed by atoms with Gasteiger partial charge in [-0.05, 0) is 26.1 Å². The number of carbonyl (C=O) groups excluding carboxylic acids is 1. The number of aromatic amines is 1. The van der Waals surface area contributed by atoms with E-state index in [4.69, 9.17) is 0 Å². The molecule has 2 aromatic rings. The van der Waals surface area contributed by atoms with Crippen molar-refractivity contribution in [3.8, 4) is 0 Å². The van der Waals surface area contributed by atoms with Gasteiger partial charge in [-0.3, -0.25) is 4.79 Å². The summed E-state index contributed by atoms with van der Waals surface area (Å²) in [5, 5.41) is 1.37. The van der Waals surface area contributed by atoms with Crippen LogP contribution in [0.2, 0.25) is 0 Å². The summed E-state index contributed by atoms with van der Waals surface area (Å²) in [6.07, 6.45) is 0. The molecule has 0 radical (unpaired) electrons. The van der Waals surface area contributed by atoms with Gasteiger partial charge in [-0.2, -0.15) is 0 Å². The summed E-state index contributed by atoms with van der Waals surface area (Å²) < 4.78 is 0. The molecule has 4 nitrogen and oxygen atoms in total. The van der Waals surface area contributed by atoms with Gasteiger partial charge < -0.3 is 14.8 Å². The lowest BCUT2D eigenvalue weighted by atomic mass is 10.1. The van der Waals surface area contributed by atoms with Crippen molar-refractivity contribution in [1.29, 1.82) is 0 Å². The molecule has 1 amide bonds. The lowest BCUT2D eigenvalue weighted by molar-refractivity contribution is -0.128. The number of aryl methyl sites for hydroxylation is 1. The van der Waals surface area contributed by atoms with Crippen molar-refractivity contribution in [3.63, 3.8) is 0 Å². The summed E-state index contributed by atoms with van der Waals surface area (Å²) in [7, 11) is 0. The Labute approximate surface area is 142 Å². The third-order valence-electron chi connectivity index (χ3n) is 4.71. The third kappa shape index (κ3) is 3.12. The van der Waals surface area contributed by atoms with Crippen LogP contribution in [0.25, 0.3) is 10.9 Å². The Balaban J connectivity index is 1.87. The van der Waals surface area contributed by atoms with Gasteiger partial charge in [-0.15, -0.1) is 11.8 Å². The summed E-state index contributed by atoms with van der Waals surface area (Å²) in [6, 6.07) is 8.38. The van der Waals surface area contributed by atoms with Crippen LogP contribution < -0.4 is 0 Å². The number of benzene rings is 1. The SMILES string of the molecule is CCN(CC)CCN1C(=O)CSC1c1c(C)[nH]c2ccccc12. The number of H-pyrrole nitrogens is 1. The van der Waals surface area contributed by atoms with Gasteiger partial charge in [-0.1, -0.05) is 32.0 Å². The highest BCUT2D eigenvalue weighted by atomic mass is 32.2. The summed E-state index contributed by atoms with van der Waals surface area (Å²) >= 11 is 1.75. The second-order valence-electron chi connectivity index (χ2n) is 5.99. The van der Waals surface area contributed by atoms with Gasteiger partial charge in [0, 0.05) is 35.2 Å². The second kappa shape index (κ2) is 6.97. The molecule has 1 saturated heterocycles. The van der Waals surface area contributed by atoms with Gasteiger partial charge in [0.1, 0.15) is 5.37 Å². The molecule has 124 valence electrons. The lowest BCUT2D eigenvalue weighted by Gasteiger charge is -2.27. The number of amides is 1. The van der Waals surface area contributed by atoms with Gasteiger partial charge in [0.25, 0.3) is 0 Å². The van der Waals surface area contributed by atoms with Crippen LogP contribution >= 0.6 is 11.8 Å². The zero-order valence-corrected chi connectivity index (χ0v) is 14.9. The van der Waals surface area contributed by atoms with E-state index in [-0.39, 0.29) is 11.3 Å². The highest BCUT2D eigenvalue weighted by Gasteiger charge is 2.35. The Morgan fingerprint density at radius 2 is 2.04 bits per heavy atom. The molecule has 23 heavy (non-hydrogen) atoms. The smallest absolute Gasteiger partial charge is 0.233 e. The van der Waals surface area contributed by atoms with Crippen LogP contribution in [0.5, 0.6) is 0 Å². The van der Waals surface area contributed by atoms with Crippen molar-refractivity contribution in [2.24, 2.45) is 0 Å². The molecule has 1 atom stereocenters. The normalized spacial score (nSPS) is 18.5. The maximum Gasteiger partial charge on any atom is 0.233 e. The van der Waals surface area contributed by atoms with Gasteiger partial charge in [0.05, 0.1) is 5.75 Å². The zero-order valence-electron chi connectivity index (χ0n) is 14.1. The molecule has 0 saturated carbocycles. The lowest BCUT2D eigenvalue weighted by Crippen LogP contribution is -2.37. The molecule has 1 aliphatic rings. The van der Waals surface area contributed by atoms with Crippen LogP contribution in [-0.2, 0) is 4.79 Å². The number of aromatic nitrogens is 1. The quantitative estimate of drug-likeness (QED) is 0.882. The van der Waals surface area contributed by atoms with Crippen molar-refractivity contribution in [3.05, 3.63) is 35.5 Å². The summed E-state index contributed by atoms with van der Waals surface area (Å²) in [5.41, 5.74) is 3.60. The Morgan fingerprint density at radius 3 is 2.78 bits per heavy atom. The fourth-order valence-corrected chi connectivity index (χ4v) is 4.68. The van der Waals surface area contributed by atoms with Gasteiger partial charge >= 0.3 is 0 Å². The van der Waals surface area contributed by atoms with E-state index in [9.17, 15) is 4.79 Å². The molecule has 1 aromatic carbocycles. The minimum Gasteiger partial charge on any atom is -0.358 e. The molecule has 5 heteroatoms. The van der Waals surface area contributed by atoms with E-state index in [0.717, 1.165) is 31.7 Å². The highest BCUT2D eigenvalue weighted by molar-refractivity contribution is 8.00. The minimum atomic E-state index is 0.134. The molecule has 1 fully saturated rings.